The first-order valence-corrected chi connectivity index (χ1v) is 10.5. The Morgan fingerprint density at radius 2 is 0.833 bits per heavy atom. The van der Waals surface area contributed by atoms with Gasteiger partial charge in [0.2, 0.25) is 0 Å². The molecule has 0 atom stereocenters. The molecule has 18 heavy (non-hydrogen) atoms. The second-order valence-electron chi connectivity index (χ2n) is 5.67. The molecule has 0 unspecified atom stereocenters. The van der Waals surface area contributed by atoms with Gasteiger partial charge in [0.1, 0.15) is 0 Å². The molecule has 0 aliphatic carbocycles. The van der Waals surface area contributed by atoms with E-state index in [9.17, 15) is 0 Å². The topological polar surface area (TPSA) is 0 Å². The van der Waals surface area contributed by atoms with Crippen molar-refractivity contribution in [1.29, 1.82) is 0 Å². The normalized spacial score (nSPS) is 11.3. The molecule has 0 aromatic heterocycles. The van der Waals surface area contributed by atoms with E-state index in [2.05, 4.69) is 20.8 Å². The number of hydrogen-bond acceptors (Lipinski definition) is 0. The molecular formula is C17H37P. The zero-order valence-corrected chi connectivity index (χ0v) is 14.2. The zero-order valence-electron chi connectivity index (χ0n) is 13.3. The lowest BCUT2D eigenvalue weighted by atomic mass is 10.1. The van der Waals surface area contributed by atoms with Crippen molar-refractivity contribution in [2.24, 2.45) is 0 Å². The van der Waals surface area contributed by atoms with Crippen LogP contribution in [0.1, 0.15) is 91.4 Å². The molecule has 0 spiro atoms. The Labute approximate surface area is 118 Å². The van der Waals surface area contributed by atoms with Crippen LogP contribution in [0.2, 0.25) is 0 Å². The first kappa shape index (κ1) is 18.4. The molecule has 0 fully saturated rings. The second kappa shape index (κ2) is 15.5. The minimum Gasteiger partial charge on any atom is -0.107 e. The van der Waals surface area contributed by atoms with Crippen LogP contribution >= 0.6 is 7.92 Å². The molecule has 0 N–H and O–H groups in total. The smallest absolute Gasteiger partial charge is 0.0326 e. The van der Waals surface area contributed by atoms with Crippen LogP contribution < -0.4 is 0 Å². The van der Waals surface area contributed by atoms with Crippen LogP contribution in [0.3, 0.4) is 0 Å². The molecule has 0 aliphatic rings. The van der Waals surface area contributed by atoms with Crippen molar-refractivity contribution in [1.82, 2.24) is 0 Å². The first-order chi connectivity index (χ1) is 8.85. The van der Waals surface area contributed by atoms with E-state index in [-0.39, 0.29) is 0 Å². The van der Waals surface area contributed by atoms with Gasteiger partial charge in [0.15, 0.2) is 0 Å². The molecule has 0 amide bonds. The Balaban J connectivity index is 3.43. The molecule has 1 heteroatoms. The van der Waals surface area contributed by atoms with Crippen molar-refractivity contribution in [2.45, 2.75) is 91.4 Å². The van der Waals surface area contributed by atoms with E-state index in [0.717, 1.165) is 0 Å². The summed E-state index contributed by atoms with van der Waals surface area (Å²) in [4.78, 5) is 0. The fourth-order valence-corrected chi connectivity index (χ4v) is 5.26. The van der Waals surface area contributed by atoms with Crippen molar-refractivity contribution >= 4 is 7.92 Å². The number of unbranched alkanes of at least 4 members (excludes halogenated alkanes) is 8. The van der Waals surface area contributed by atoms with Gasteiger partial charge in [0.05, 0.1) is 0 Å². The fraction of sp³-hybridized carbons (Fsp3) is 1.00. The quantitative estimate of drug-likeness (QED) is 0.240. The lowest BCUT2D eigenvalue weighted by Crippen LogP contribution is -1.96. The standard InChI is InChI=1S/C17H37P/c1-4-7-10-11-12-13-14-17-18(15-8-5-2)16-9-6-3/h4-17H2,1-3H3. The molecular weight excluding hydrogens is 235 g/mol. The highest BCUT2D eigenvalue weighted by Gasteiger charge is 2.06. The Hall–Kier alpha value is 0.430. The van der Waals surface area contributed by atoms with Gasteiger partial charge in [-0.1, -0.05) is 72.1 Å². The fourth-order valence-electron chi connectivity index (χ4n) is 2.39. The van der Waals surface area contributed by atoms with Crippen LogP contribution in [0.25, 0.3) is 0 Å². The van der Waals surface area contributed by atoms with Gasteiger partial charge >= 0.3 is 0 Å². The van der Waals surface area contributed by atoms with Crippen molar-refractivity contribution in [3.05, 3.63) is 0 Å². The van der Waals surface area contributed by atoms with Crippen molar-refractivity contribution in [2.75, 3.05) is 18.5 Å². The summed E-state index contributed by atoms with van der Waals surface area (Å²) in [5.41, 5.74) is 0. The highest BCUT2D eigenvalue weighted by atomic mass is 31.1. The van der Waals surface area contributed by atoms with E-state index in [4.69, 9.17) is 0 Å². The van der Waals surface area contributed by atoms with Gasteiger partial charge in [-0.25, -0.2) is 0 Å². The Bertz CT molecular complexity index is 137. The highest BCUT2D eigenvalue weighted by Crippen LogP contribution is 2.38. The summed E-state index contributed by atoms with van der Waals surface area (Å²) in [5.74, 6) is 0. The van der Waals surface area contributed by atoms with Crippen molar-refractivity contribution in [3.63, 3.8) is 0 Å². The maximum Gasteiger partial charge on any atom is -0.0326 e. The lowest BCUT2D eigenvalue weighted by molar-refractivity contribution is 0.603. The van der Waals surface area contributed by atoms with Gasteiger partial charge in [-0.05, 0) is 37.7 Å². The van der Waals surface area contributed by atoms with Gasteiger partial charge in [-0.2, -0.15) is 0 Å². The molecule has 0 nitrogen and oxygen atoms in total. The van der Waals surface area contributed by atoms with Crippen LogP contribution in [0, 0.1) is 0 Å². The van der Waals surface area contributed by atoms with Gasteiger partial charge in [0.25, 0.3) is 0 Å². The molecule has 0 saturated carbocycles. The summed E-state index contributed by atoms with van der Waals surface area (Å²) < 4.78 is 0. The third-order valence-corrected chi connectivity index (χ3v) is 6.58. The summed E-state index contributed by atoms with van der Waals surface area (Å²) in [7, 11) is 0.400. The van der Waals surface area contributed by atoms with Gasteiger partial charge < -0.3 is 0 Å². The Morgan fingerprint density at radius 1 is 0.444 bits per heavy atom. The second-order valence-corrected chi connectivity index (χ2v) is 8.35. The van der Waals surface area contributed by atoms with Crippen molar-refractivity contribution < 1.29 is 0 Å². The van der Waals surface area contributed by atoms with E-state index in [1.165, 1.54) is 70.6 Å². The summed E-state index contributed by atoms with van der Waals surface area (Å²) in [5, 5.41) is 0. The van der Waals surface area contributed by atoms with E-state index >= 15 is 0 Å². The molecule has 0 aromatic rings. The van der Waals surface area contributed by atoms with Gasteiger partial charge in [0, 0.05) is 0 Å². The average Bonchev–Trinajstić information content (AvgIpc) is 2.40. The first-order valence-electron chi connectivity index (χ1n) is 8.57. The molecule has 0 aliphatic heterocycles. The molecule has 0 radical (unpaired) electrons. The van der Waals surface area contributed by atoms with Gasteiger partial charge in [-0.15, -0.1) is 7.92 Å². The van der Waals surface area contributed by atoms with E-state index in [1.54, 1.807) is 18.5 Å². The molecule has 0 rings (SSSR count). The highest BCUT2D eigenvalue weighted by molar-refractivity contribution is 7.57. The third kappa shape index (κ3) is 12.9. The van der Waals surface area contributed by atoms with Crippen LogP contribution in [-0.4, -0.2) is 18.5 Å². The maximum absolute atomic E-state index is 2.33. The van der Waals surface area contributed by atoms with Crippen molar-refractivity contribution in [3.8, 4) is 0 Å². The molecule has 110 valence electrons. The van der Waals surface area contributed by atoms with E-state index in [0.29, 0.717) is 7.92 Å². The minimum atomic E-state index is 0.400. The van der Waals surface area contributed by atoms with E-state index < -0.39 is 0 Å². The van der Waals surface area contributed by atoms with Crippen LogP contribution in [0.15, 0.2) is 0 Å². The van der Waals surface area contributed by atoms with Gasteiger partial charge in [-0.3, -0.25) is 0 Å². The summed E-state index contributed by atoms with van der Waals surface area (Å²) in [6.45, 7) is 6.97. The predicted molar refractivity (Wildman–Crippen MR) is 89.3 cm³/mol. The van der Waals surface area contributed by atoms with E-state index in [1.807, 2.05) is 0 Å². The third-order valence-electron chi connectivity index (χ3n) is 3.73. The lowest BCUT2D eigenvalue weighted by Gasteiger charge is -2.17. The summed E-state index contributed by atoms with van der Waals surface area (Å²) in [6, 6.07) is 0. The van der Waals surface area contributed by atoms with Crippen LogP contribution in [0.5, 0.6) is 0 Å². The minimum absolute atomic E-state index is 0.400. The summed E-state index contributed by atoms with van der Waals surface area (Å²) >= 11 is 0. The zero-order chi connectivity index (χ0) is 13.5. The molecule has 0 heterocycles. The molecule has 0 saturated heterocycles. The number of rotatable bonds is 14. The van der Waals surface area contributed by atoms with Crippen LogP contribution in [0.4, 0.5) is 0 Å². The monoisotopic (exact) mass is 272 g/mol. The predicted octanol–water partition coefficient (Wildman–Crippen LogP) is 6.82. The Kier molecular flexibility index (Phi) is 15.9. The SMILES string of the molecule is CCCCCCCCCP(CCCC)CCCC. The summed E-state index contributed by atoms with van der Waals surface area (Å²) in [6.07, 6.45) is 20.7. The molecule has 0 aromatic carbocycles. The average molecular weight is 272 g/mol. The van der Waals surface area contributed by atoms with Crippen LogP contribution in [-0.2, 0) is 0 Å². The Morgan fingerprint density at radius 3 is 1.33 bits per heavy atom. The number of hydrogen-bond donors (Lipinski definition) is 0. The maximum atomic E-state index is 2.33. The largest absolute Gasteiger partial charge is 0.107 e. The molecule has 0 bridgehead atoms.